The predicted molar refractivity (Wildman–Crippen MR) is 58.4 cm³/mol. The first-order valence-corrected chi connectivity index (χ1v) is 5.02. The molecule has 0 fully saturated rings. The molecule has 5 heteroatoms. The maximum absolute atomic E-state index is 11.4. The van der Waals surface area contributed by atoms with E-state index in [1.807, 2.05) is 7.05 Å². The molecule has 0 aromatic heterocycles. The Hall–Kier alpha value is -0.650. The highest BCUT2D eigenvalue weighted by Gasteiger charge is 2.12. The van der Waals surface area contributed by atoms with Gasteiger partial charge in [0.1, 0.15) is 0 Å². The molecule has 90 valence electrons. The normalized spacial score (nSPS) is 12.9. The zero-order chi connectivity index (χ0) is 11.8. The minimum absolute atomic E-state index is 0.0195. The second-order valence-electron chi connectivity index (χ2n) is 3.61. The van der Waals surface area contributed by atoms with E-state index in [0.717, 1.165) is 0 Å². The Morgan fingerprint density at radius 2 is 1.93 bits per heavy atom. The summed E-state index contributed by atoms with van der Waals surface area (Å²) in [6, 6.07) is 0.315. The number of likely N-dealkylation sites (N-methyl/N-ethyl adjacent to an activating group) is 1. The minimum Gasteiger partial charge on any atom is -0.383 e. The van der Waals surface area contributed by atoms with E-state index in [1.54, 1.807) is 14.2 Å². The maximum Gasteiger partial charge on any atom is 0.247 e. The number of rotatable bonds is 7. The van der Waals surface area contributed by atoms with Crippen molar-refractivity contribution in [3.05, 3.63) is 0 Å². The molecule has 0 saturated heterocycles. The fraction of sp³-hybridized carbons (Fsp3) is 0.900. The third-order valence-corrected chi connectivity index (χ3v) is 2.46. The van der Waals surface area contributed by atoms with Crippen LogP contribution in [0.15, 0.2) is 0 Å². The fourth-order valence-corrected chi connectivity index (χ4v) is 1.12. The Labute approximate surface area is 91.9 Å². The van der Waals surface area contributed by atoms with Crippen LogP contribution in [-0.4, -0.2) is 63.4 Å². The molecule has 0 bridgehead atoms. The van der Waals surface area contributed by atoms with Crippen molar-refractivity contribution in [3.63, 3.8) is 0 Å². The van der Waals surface area contributed by atoms with Crippen molar-refractivity contribution < 1.29 is 14.4 Å². The van der Waals surface area contributed by atoms with Gasteiger partial charge in [-0.3, -0.25) is 9.63 Å². The van der Waals surface area contributed by atoms with Crippen molar-refractivity contribution >= 4 is 5.91 Å². The number of hydrogen-bond donors (Lipinski definition) is 0. The van der Waals surface area contributed by atoms with Gasteiger partial charge in [-0.15, -0.1) is 0 Å². The zero-order valence-electron chi connectivity index (χ0n) is 10.3. The molecule has 1 amide bonds. The first-order chi connectivity index (χ1) is 7.02. The Morgan fingerprint density at radius 3 is 2.40 bits per heavy atom. The van der Waals surface area contributed by atoms with Gasteiger partial charge < -0.3 is 9.64 Å². The predicted octanol–water partition coefficient (Wildman–Crippen LogP) is 0.363. The zero-order valence-corrected chi connectivity index (χ0v) is 10.3. The van der Waals surface area contributed by atoms with Crippen LogP contribution in [-0.2, 0) is 14.4 Å². The number of carbonyl (C=O) groups is 1. The van der Waals surface area contributed by atoms with Gasteiger partial charge in [0.05, 0.1) is 13.7 Å². The van der Waals surface area contributed by atoms with Gasteiger partial charge >= 0.3 is 0 Å². The molecule has 0 aromatic carbocycles. The highest BCUT2D eigenvalue weighted by Crippen LogP contribution is 1.99. The highest BCUT2D eigenvalue weighted by atomic mass is 16.7. The van der Waals surface area contributed by atoms with Crippen LogP contribution in [0.3, 0.4) is 0 Å². The van der Waals surface area contributed by atoms with E-state index in [-0.39, 0.29) is 5.91 Å². The molecule has 0 unspecified atom stereocenters. The topological polar surface area (TPSA) is 42.0 Å². The number of ether oxygens (including phenoxy) is 1. The van der Waals surface area contributed by atoms with Gasteiger partial charge in [-0.25, -0.2) is 5.06 Å². The molecule has 0 aliphatic carbocycles. The van der Waals surface area contributed by atoms with Crippen molar-refractivity contribution in [3.8, 4) is 0 Å². The van der Waals surface area contributed by atoms with E-state index in [1.165, 1.54) is 12.2 Å². The SMILES string of the molecule is COC[C@@H](C)N(C)CCC(=O)N(C)OC. The van der Waals surface area contributed by atoms with Gasteiger partial charge in [-0.05, 0) is 14.0 Å². The lowest BCUT2D eigenvalue weighted by atomic mass is 10.3. The number of hydroxylamine groups is 2. The standard InChI is InChI=1S/C10H22N2O3/c1-9(8-14-4)11(2)7-6-10(13)12(3)15-5/h9H,6-8H2,1-5H3/t9-/m1/s1. The lowest BCUT2D eigenvalue weighted by molar-refractivity contribution is -0.169. The molecule has 0 rings (SSSR count). The third-order valence-electron chi connectivity index (χ3n) is 2.46. The Morgan fingerprint density at radius 1 is 1.33 bits per heavy atom. The third kappa shape index (κ3) is 5.71. The summed E-state index contributed by atoms with van der Waals surface area (Å²) in [6.07, 6.45) is 0.453. The molecule has 0 heterocycles. The molecule has 0 aromatic rings. The molecule has 0 aliphatic rings. The largest absolute Gasteiger partial charge is 0.383 e. The van der Waals surface area contributed by atoms with Crippen LogP contribution in [0.4, 0.5) is 0 Å². The Bertz CT molecular complexity index is 188. The van der Waals surface area contributed by atoms with Gasteiger partial charge in [0.15, 0.2) is 0 Å². The molecular weight excluding hydrogens is 196 g/mol. The van der Waals surface area contributed by atoms with E-state index >= 15 is 0 Å². The molecule has 0 radical (unpaired) electrons. The summed E-state index contributed by atoms with van der Waals surface area (Å²) in [7, 11) is 6.74. The van der Waals surface area contributed by atoms with Crippen LogP contribution in [0.1, 0.15) is 13.3 Å². The van der Waals surface area contributed by atoms with Crippen LogP contribution in [0.25, 0.3) is 0 Å². The number of nitrogens with zero attached hydrogens (tertiary/aromatic N) is 2. The quantitative estimate of drug-likeness (QED) is 0.579. The number of methoxy groups -OCH3 is 1. The van der Waals surface area contributed by atoms with E-state index in [9.17, 15) is 4.79 Å². The first-order valence-electron chi connectivity index (χ1n) is 5.02. The average molecular weight is 218 g/mol. The number of carbonyl (C=O) groups excluding carboxylic acids is 1. The fourth-order valence-electron chi connectivity index (χ4n) is 1.12. The van der Waals surface area contributed by atoms with Crippen molar-refractivity contribution in [1.82, 2.24) is 9.96 Å². The van der Waals surface area contributed by atoms with Crippen LogP contribution < -0.4 is 0 Å². The number of amides is 1. The summed E-state index contributed by atoms with van der Waals surface area (Å²) in [6.45, 7) is 3.44. The lowest BCUT2D eigenvalue weighted by Crippen LogP contribution is -2.36. The van der Waals surface area contributed by atoms with Gasteiger partial charge in [0.25, 0.3) is 0 Å². The molecule has 0 saturated carbocycles. The summed E-state index contributed by atoms with van der Waals surface area (Å²) < 4.78 is 5.04. The van der Waals surface area contributed by atoms with Gasteiger partial charge in [0.2, 0.25) is 5.91 Å². The number of hydrogen-bond acceptors (Lipinski definition) is 4. The van der Waals surface area contributed by atoms with Crippen LogP contribution in [0.2, 0.25) is 0 Å². The van der Waals surface area contributed by atoms with E-state index in [0.29, 0.717) is 25.6 Å². The summed E-state index contributed by atoms with van der Waals surface area (Å²) in [5.74, 6) is -0.0195. The summed E-state index contributed by atoms with van der Waals surface area (Å²) in [5, 5.41) is 1.24. The van der Waals surface area contributed by atoms with Gasteiger partial charge in [-0.1, -0.05) is 0 Å². The molecule has 15 heavy (non-hydrogen) atoms. The van der Waals surface area contributed by atoms with E-state index in [4.69, 9.17) is 9.57 Å². The second-order valence-corrected chi connectivity index (χ2v) is 3.61. The van der Waals surface area contributed by atoms with Crippen molar-refractivity contribution in [2.45, 2.75) is 19.4 Å². The van der Waals surface area contributed by atoms with E-state index < -0.39 is 0 Å². The lowest BCUT2D eigenvalue weighted by Gasteiger charge is -2.24. The van der Waals surface area contributed by atoms with Crippen molar-refractivity contribution in [1.29, 1.82) is 0 Å². The molecule has 0 N–H and O–H groups in total. The Kier molecular flexibility index (Phi) is 7.29. The van der Waals surface area contributed by atoms with Gasteiger partial charge in [-0.2, -0.15) is 0 Å². The van der Waals surface area contributed by atoms with Crippen molar-refractivity contribution in [2.24, 2.45) is 0 Å². The van der Waals surface area contributed by atoms with Gasteiger partial charge in [0, 0.05) is 33.2 Å². The smallest absolute Gasteiger partial charge is 0.247 e. The molecule has 1 atom stereocenters. The summed E-state index contributed by atoms with van der Waals surface area (Å²) in [5.41, 5.74) is 0. The van der Waals surface area contributed by atoms with Crippen LogP contribution in [0.5, 0.6) is 0 Å². The highest BCUT2D eigenvalue weighted by molar-refractivity contribution is 5.74. The summed E-state index contributed by atoms with van der Waals surface area (Å²) >= 11 is 0. The molecule has 5 nitrogen and oxygen atoms in total. The molecule has 0 spiro atoms. The molecular formula is C10H22N2O3. The van der Waals surface area contributed by atoms with Crippen LogP contribution in [0, 0.1) is 0 Å². The minimum atomic E-state index is -0.0195. The first kappa shape index (κ1) is 14.3. The second kappa shape index (κ2) is 7.62. The molecule has 0 aliphatic heterocycles. The van der Waals surface area contributed by atoms with Crippen LogP contribution >= 0.6 is 0 Å². The average Bonchev–Trinajstić information content (AvgIpc) is 2.24. The Balaban J connectivity index is 3.79. The summed E-state index contributed by atoms with van der Waals surface area (Å²) in [4.78, 5) is 18.3. The monoisotopic (exact) mass is 218 g/mol. The van der Waals surface area contributed by atoms with Crippen molar-refractivity contribution in [2.75, 3.05) is 41.5 Å². The maximum atomic E-state index is 11.4. The van der Waals surface area contributed by atoms with E-state index in [2.05, 4.69) is 11.8 Å².